The summed E-state index contributed by atoms with van der Waals surface area (Å²) in [5.74, 6) is 1.40. The van der Waals surface area contributed by atoms with E-state index < -0.39 is 6.10 Å². The van der Waals surface area contributed by atoms with Crippen LogP contribution in [0.15, 0.2) is 24.5 Å². The Morgan fingerprint density at radius 2 is 1.90 bits per heavy atom. The first-order chi connectivity index (χ1) is 9.56. The molecule has 20 heavy (non-hydrogen) atoms. The number of nitrogens with one attached hydrogen (secondary N) is 1. The second-order valence-corrected chi connectivity index (χ2v) is 6.16. The molecule has 1 amide bonds. The molecule has 4 nitrogen and oxygen atoms in total. The van der Waals surface area contributed by atoms with Crippen molar-refractivity contribution in [3.63, 3.8) is 0 Å². The van der Waals surface area contributed by atoms with E-state index in [2.05, 4.69) is 24.1 Å². The minimum atomic E-state index is -0.666. The predicted octanol–water partition coefficient (Wildman–Crippen LogP) is 2.30. The van der Waals surface area contributed by atoms with Crippen LogP contribution in [0, 0.1) is 17.8 Å². The molecule has 1 heterocycles. The fraction of sp³-hybridized carbons (Fsp3) is 0.625. The number of hydrogen-bond acceptors (Lipinski definition) is 3. The third-order valence-corrected chi connectivity index (χ3v) is 4.11. The molecule has 2 rings (SSSR count). The van der Waals surface area contributed by atoms with E-state index >= 15 is 0 Å². The van der Waals surface area contributed by atoms with Crippen molar-refractivity contribution in [2.24, 2.45) is 17.8 Å². The second-order valence-electron chi connectivity index (χ2n) is 6.16. The Morgan fingerprint density at radius 3 is 2.50 bits per heavy atom. The van der Waals surface area contributed by atoms with Crippen molar-refractivity contribution < 1.29 is 9.90 Å². The van der Waals surface area contributed by atoms with E-state index in [0.717, 1.165) is 18.4 Å². The van der Waals surface area contributed by atoms with E-state index in [1.807, 2.05) is 0 Å². The minimum absolute atomic E-state index is 0.0801. The first-order valence-corrected chi connectivity index (χ1v) is 7.42. The Kier molecular flexibility index (Phi) is 5.12. The molecule has 1 aliphatic rings. The second kappa shape index (κ2) is 6.84. The van der Waals surface area contributed by atoms with Gasteiger partial charge in [0.1, 0.15) is 0 Å². The number of amides is 1. The molecular formula is C16H24N2O2. The molecule has 2 N–H and O–H groups in total. The molecule has 0 aliphatic heterocycles. The molecule has 110 valence electrons. The molecule has 0 saturated heterocycles. The minimum Gasteiger partial charge on any atom is -0.387 e. The molecule has 0 bridgehead atoms. The summed E-state index contributed by atoms with van der Waals surface area (Å²) in [7, 11) is 0. The Balaban J connectivity index is 1.83. The van der Waals surface area contributed by atoms with Crippen LogP contribution in [0.5, 0.6) is 0 Å². The summed E-state index contributed by atoms with van der Waals surface area (Å²) < 4.78 is 0. The summed E-state index contributed by atoms with van der Waals surface area (Å²) in [5, 5.41) is 12.9. The quantitative estimate of drug-likeness (QED) is 0.887. The number of carbonyl (C=O) groups excluding carboxylic acids is 1. The maximum atomic E-state index is 12.2. The van der Waals surface area contributed by atoms with Gasteiger partial charge in [-0.05, 0) is 48.8 Å². The molecule has 1 aromatic rings. The van der Waals surface area contributed by atoms with E-state index in [9.17, 15) is 9.90 Å². The Bertz CT molecular complexity index is 425. The molecule has 3 atom stereocenters. The normalized spacial score (nSPS) is 27.9. The standard InChI is InChI=1S/C16H24N2O2/c1-11-7-12(2)9-14(8-11)16(20)18-10-15(19)13-3-5-17-6-4-13/h3-6,11-12,14-15,19H,7-10H2,1-2H3,(H,18,20). The van der Waals surface area contributed by atoms with Gasteiger partial charge in [-0.2, -0.15) is 0 Å². The van der Waals surface area contributed by atoms with Crippen LogP contribution in [0.3, 0.4) is 0 Å². The number of rotatable bonds is 4. The lowest BCUT2D eigenvalue weighted by atomic mass is 9.76. The Labute approximate surface area is 120 Å². The maximum absolute atomic E-state index is 12.2. The van der Waals surface area contributed by atoms with Gasteiger partial charge in [-0.3, -0.25) is 9.78 Å². The van der Waals surface area contributed by atoms with Gasteiger partial charge in [-0.15, -0.1) is 0 Å². The van der Waals surface area contributed by atoms with Crippen LogP contribution in [0.2, 0.25) is 0 Å². The van der Waals surface area contributed by atoms with Gasteiger partial charge in [0, 0.05) is 24.9 Å². The van der Waals surface area contributed by atoms with Crippen molar-refractivity contribution in [1.82, 2.24) is 10.3 Å². The molecule has 1 aliphatic carbocycles. The SMILES string of the molecule is CC1CC(C)CC(C(=O)NCC(O)c2ccncc2)C1. The van der Waals surface area contributed by atoms with Crippen molar-refractivity contribution in [2.75, 3.05) is 6.54 Å². The fourth-order valence-corrected chi connectivity index (χ4v) is 3.21. The third kappa shape index (κ3) is 4.04. The lowest BCUT2D eigenvalue weighted by Gasteiger charge is -2.30. The molecule has 3 unspecified atom stereocenters. The topological polar surface area (TPSA) is 62.2 Å². The average molecular weight is 276 g/mol. The summed E-state index contributed by atoms with van der Waals surface area (Å²) in [6.45, 7) is 4.69. The van der Waals surface area contributed by atoms with Crippen LogP contribution < -0.4 is 5.32 Å². The highest BCUT2D eigenvalue weighted by Crippen LogP contribution is 2.32. The van der Waals surface area contributed by atoms with Gasteiger partial charge in [0.15, 0.2) is 0 Å². The van der Waals surface area contributed by atoms with E-state index in [0.29, 0.717) is 11.8 Å². The molecule has 1 fully saturated rings. The van der Waals surface area contributed by atoms with Crippen molar-refractivity contribution in [2.45, 2.75) is 39.2 Å². The number of carbonyl (C=O) groups is 1. The summed E-state index contributed by atoms with van der Waals surface area (Å²) in [6, 6.07) is 3.53. The number of pyridine rings is 1. The van der Waals surface area contributed by atoms with Gasteiger partial charge < -0.3 is 10.4 Å². The van der Waals surface area contributed by atoms with Crippen molar-refractivity contribution >= 4 is 5.91 Å². The number of hydrogen-bond donors (Lipinski definition) is 2. The van der Waals surface area contributed by atoms with Gasteiger partial charge in [0.2, 0.25) is 5.91 Å². The van der Waals surface area contributed by atoms with Gasteiger partial charge >= 0.3 is 0 Å². The zero-order chi connectivity index (χ0) is 14.5. The summed E-state index contributed by atoms with van der Waals surface area (Å²) >= 11 is 0. The highest BCUT2D eigenvalue weighted by atomic mass is 16.3. The first-order valence-electron chi connectivity index (χ1n) is 7.42. The molecule has 0 spiro atoms. The zero-order valence-corrected chi connectivity index (χ0v) is 12.2. The van der Waals surface area contributed by atoms with E-state index in [1.54, 1.807) is 24.5 Å². The Morgan fingerprint density at radius 1 is 1.30 bits per heavy atom. The first kappa shape index (κ1) is 15.0. The largest absolute Gasteiger partial charge is 0.387 e. The summed E-state index contributed by atoms with van der Waals surface area (Å²) in [5.41, 5.74) is 0.783. The summed E-state index contributed by atoms with van der Waals surface area (Å²) in [4.78, 5) is 16.1. The monoisotopic (exact) mass is 276 g/mol. The van der Waals surface area contributed by atoms with Crippen molar-refractivity contribution in [1.29, 1.82) is 0 Å². The smallest absolute Gasteiger partial charge is 0.223 e. The van der Waals surface area contributed by atoms with Crippen molar-refractivity contribution in [3.8, 4) is 0 Å². The number of aromatic nitrogens is 1. The zero-order valence-electron chi connectivity index (χ0n) is 12.2. The number of aliphatic hydroxyl groups excluding tert-OH is 1. The van der Waals surface area contributed by atoms with E-state index in [-0.39, 0.29) is 18.4 Å². The van der Waals surface area contributed by atoms with Crippen LogP contribution in [0.1, 0.15) is 44.8 Å². The molecule has 1 aromatic heterocycles. The Hall–Kier alpha value is -1.42. The van der Waals surface area contributed by atoms with Crippen molar-refractivity contribution in [3.05, 3.63) is 30.1 Å². The van der Waals surface area contributed by atoms with Crippen LogP contribution in [-0.4, -0.2) is 22.5 Å². The maximum Gasteiger partial charge on any atom is 0.223 e. The molecule has 1 saturated carbocycles. The number of aliphatic hydroxyl groups is 1. The van der Waals surface area contributed by atoms with Crippen LogP contribution >= 0.6 is 0 Å². The lowest BCUT2D eigenvalue weighted by molar-refractivity contribution is -0.127. The van der Waals surface area contributed by atoms with E-state index in [1.165, 1.54) is 6.42 Å². The molecule has 0 radical (unpaired) electrons. The number of nitrogens with zero attached hydrogens (tertiary/aromatic N) is 1. The molecule has 0 aromatic carbocycles. The van der Waals surface area contributed by atoms with Gasteiger partial charge in [0.05, 0.1) is 6.10 Å². The summed E-state index contributed by atoms with van der Waals surface area (Å²) in [6.07, 6.45) is 5.75. The van der Waals surface area contributed by atoms with Gasteiger partial charge in [0.25, 0.3) is 0 Å². The molecule has 4 heteroatoms. The predicted molar refractivity (Wildman–Crippen MR) is 77.9 cm³/mol. The van der Waals surface area contributed by atoms with Crippen LogP contribution in [0.4, 0.5) is 0 Å². The fourth-order valence-electron chi connectivity index (χ4n) is 3.21. The average Bonchev–Trinajstić information content (AvgIpc) is 2.44. The highest BCUT2D eigenvalue weighted by molar-refractivity contribution is 5.78. The van der Waals surface area contributed by atoms with Crippen LogP contribution in [-0.2, 0) is 4.79 Å². The van der Waals surface area contributed by atoms with Gasteiger partial charge in [-0.1, -0.05) is 13.8 Å². The lowest BCUT2D eigenvalue weighted by Crippen LogP contribution is -2.37. The highest BCUT2D eigenvalue weighted by Gasteiger charge is 2.28. The van der Waals surface area contributed by atoms with Gasteiger partial charge in [-0.25, -0.2) is 0 Å². The molecular weight excluding hydrogens is 252 g/mol. The van der Waals surface area contributed by atoms with E-state index in [4.69, 9.17) is 0 Å². The third-order valence-electron chi connectivity index (χ3n) is 4.11. The van der Waals surface area contributed by atoms with Crippen LogP contribution in [0.25, 0.3) is 0 Å².